The monoisotopic (exact) mass is 234 g/mol. The van der Waals surface area contributed by atoms with Gasteiger partial charge < -0.3 is 15.7 Å². The number of hydrogen-bond donors (Lipinski definition) is 2. The maximum Gasteiger partial charge on any atom is 0.227 e. The largest absolute Gasteiger partial charge is 0.391 e. The van der Waals surface area contributed by atoms with Gasteiger partial charge in [-0.05, 0) is 17.5 Å². The van der Waals surface area contributed by atoms with E-state index >= 15 is 0 Å². The minimum Gasteiger partial charge on any atom is -0.391 e. The van der Waals surface area contributed by atoms with Crippen molar-refractivity contribution < 1.29 is 9.90 Å². The molecule has 3 N–H and O–H groups in total. The second-order valence-corrected chi connectivity index (χ2v) is 4.43. The first-order valence-corrected chi connectivity index (χ1v) is 5.93. The van der Waals surface area contributed by atoms with Crippen molar-refractivity contribution in [2.24, 2.45) is 5.73 Å². The molecule has 0 aliphatic carbocycles. The van der Waals surface area contributed by atoms with Gasteiger partial charge in [0.1, 0.15) is 0 Å². The Kier molecular flexibility index (Phi) is 3.76. The van der Waals surface area contributed by atoms with Crippen molar-refractivity contribution in [1.82, 2.24) is 4.90 Å². The standard InChI is InChI=1S/C13H18N2O2/c14-8-11-4-2-1-3-10(11)7-13(17)15-6-5-12(16)9-15/h1-4,12,16H,5-9,14H2. The van der Waals surface area contributed by atoms with Crippen LogP contribution in [-0.4, -0.2) is 35.1 Å². The summed E-state index contributed by atoms with van der Waals surface area (Å²) in [5.74, 6) is 0.0717. The lowest BCUT2D eigenvalue weighted by atomic mass is 10.0. The zero-order valence-corrected chi connectivity index (χ0v) is 9.80. The fourth-order valence-electron chi connectivity index (χ4n) is 2.17. The van der Waals surface area contributed by atoms with Crippen LogP contribution < -0.4 is 5.73 Å². The van der Waals surface area contributed by atoms with Crippen LogP contribution >= 0.6 is 0 Å². The van der Waals surface area contributed by atoms with Crippen molar-refractivity contribution in [2.45, 2.75) is 25.5 Å². The first-order chi connectivity index (χ1) is 8.20. The van der Waals surface area contributed by atoms with Crippen LogP contribution in [0.4, 0.5) is 0 Å². The molecule has 1 aromatic rings. The average Bonchev–Trinajstić information content (AvgIpc) is 2.77. The third-order valence-electron chi connectivity index (χ3n) is 3.20. The van der Waals surface area contributed by atoms with Crippen molar-refractivity contribution >= 4 is 5.91 Å². The van der Waals surface area contributed by atoms with E-state index in [9.17, 15) is 9.90 Å². The number of nitrogens with zero attached hydrogens (tertiary/aromatic N) is 1. The molecule has 0 saturated carbocycles. The molecular weight excluding hydrogens is 216 g/mol. The summed E-state index contributed by atoms with van der Waals surface area (Å²) in [4.78, 5) is 13.7. The first kappa shape index (κ1) is 12.1. The maximum absolute atomic E-state index is 12.0. The zero-order valence-electron chi connectivity index (χ0n) is 9.80. The average molecular weight is 234 g/mol. The van der Waals surface area contributed by atoms with Crippen molar-refractivity contribution in [3.8, 4) is 0 Å². The van der Waals surface area contributed by atoms with E-state index in [0.29, 0.717) is 32.5 Å². The molecule has 92 valence electrons. The summed E-state index contributed by atoms with van der Waals surface area (Å²) in [6, 6.07) is 7.73. The van der Waals surface area contributed by atoms with Gasteiger partial charge in [-0.3, -0.25) is 4.79 Å². The molecule has 0 spiro atoms. The van der Waals surface area contributed by atoms with Gasteiger partial charge in [0, 0.05) is 19.6 Å². The van der Waals surface area contributed by atoms with E-state index in [2.05, 4.69) is 0 Å². The van der Waals surface area contributed by atoms with Crippen LogP contribution in [0, 0.1) is 0 Å². The quantitative estimate of drug-likeness (QED) is 0.789. The lowest BCUT2D eigenvalue weighted by molar-refractivity contribution is -0.129. The van der Waals surface area contributed by atoms with E-state index in [0.717, 1.165) is 11.1 Å². The Morgan fingerprint density at radius 1 is 1.41 bits per heavy atom. The number of likely N-dealkylation sites (tertiary alicyclic amines) is 1. The predicted molar refractivity (Wildman–Crippen MR) is 65.2 cm³/mol. The summed E-state index contributed by atoms with van der Waals surface area (Å²) < 4.78 is 0. The van der Waals surface area contributed by atoms with Crippen molar-refractivity contribution in [1.29, 1.82) is 0 Å². The topological polar surface area (TPSA) is 66.6 Å². The Morgan fingerprint density at radius 3 is 2.71 bits per heavy atom. The second kappa shape index (κ2) is 5.29. The molecular formula is C13H18N2O2. The molecule has 4 heteroatoms. The molecule has 0 bridgehead atoms. The zero-order chi connectivity index (χ0) is 12.3. The molecule has 1 aliphatic rings. The number of carbonyl (C=O) groups is 1. The van der Waals surface area contributed by atoms with Crippen LogP contribution in [0.1, 0.15) is 17.5 Å². The Morgan fingerprint density at radius 2 is 2.12 bits per heavy atom. The number of aliphatic hydroxyl groups excluding tert-OH is 1. The van der Waals surface area contributed by atoms with Gasteiger partial charge in [-0.2, -0.15) is 0 Å². The summed E-state index contributed by atoms with van der Waals surface area (Å²) >= 11 is 0. The van der Waals surface area contributed by atoms with E-state index in [4.69, 9.17) is 5.73 Å². The fourth-order valence-corrected chi connectivity index (χ4v) is 2.17. The van der Waals surface area contributed by atoms with E-state index in [-0.39, 0.29) is 12.0 Å². The van der Waals surface area contributed by atoms with E-state index < -0.39 is 0 Å². The normalized spacial score (nSPS) is 19.6. The molecule has 1 unspecified atom stereocenters. The smallest absolute Gasteiger partial charge is 0.227 e. The van der Waals surface area contributed by atoms with Gasteiger partial charge in [0.05, 0.1) is 12.5 Å². The fraction of sp³-hybridized carbons (Fsp3) is 0.462. The second-order valence-electron chi connectivity index (χ2n) is 4.43. The minimum atomic E-state index is -0.358. The Balaban J connectivity index is 2.03. The van der Waals surface area contributed by atoms with Crippen LogP contribution in [0.5, 0.6) is 0 Å². The van der Waals surface area contributed by atoms with E-state index in [1.165, 1.54) is 0 Å². The first-order valence-electron chi connectivity index (χ1n) is 5.93. The van der Waals surface area contributed by atoms with Crippen molar-refractivity contribution in [3.63, 3.8) is 0 Å². The molecule has 1 atom stereocenters. The molecule has 1 heterocycles. The van der Waals surface area contributed by atoms with Gasteiger partial charge in [0.2, 0.25) is 5.91 Å². The number of benzene rings is 1. The highest BCUT2D eigenvalue weighted by atomic mass is 16.3. The summed E-state index contributed by atoms with van der Waals surface area (Å²) in [6.45, 7) is 1.57. The van der Waals surface area contributed by atoms with Gasteiger partial charge in [0.15, 0.2) is 0 Å². The molecule has 4 nitrogen and oxygen atoms in total. The van der Waals surface area contributed by atoms with Crippen LogP contribution in [0.25, 0.3) is 0 Å². The number of rotatable bonds is 3. The van der Waals surface area contributed by atoms with E-state index in [1.807, 2.05) is 24.3 Å². The highest BCUT2D eigenvalue weighted by Gasteiger charge is 2.24. The summed E-state index contributed by atoms with van der Waals surface area (Å²) in [5.41, 5.74) is 7.64. The van der Waals surface area contributed by atoms with Crippen LogP contribution in [0.3, 0.4) is 0 Å². The number of aliphatic hydroxyl groups is 1. The number of amides is 1. The highest BCUT2D eigenvalue weighted by Crippen LogP contribution is 2.14. The highest BCUT2D eigenvalue weighted by molar-refractivity contribution is 5.79. The summed E-state index contributed by atoms with van der Waals surface area (Å²) in [5, 5.41) is 9.40. The molecule has 0 aromatic heterocycles. The third-order valence-corrected chi connectivity index (χ3v) is 3.20. The van der Waals surface area contributed by atoms with Gasteiger partial charge in [-0.15, -0.1) is 0 Å². The lowest BCUT2D eigenvalue weighted by Crippen LogP contribution is -2.31. The van der Waals surface area contributed by atoms with Gasteiger partial charge in [-0.25, -0.2) is 0 Å². The maximum atomic E-state index is 12.0. The van der Waals surface area contributed by atoms with Crippen LogP contribution in [-0.2, 0) is 17.8 Å². The third kappa shape index (κ3) is 2.84. The SMILES string of the molecule is NCc1ccccc1CC(=O)N1CCC(O)C1. The molecule has 0 radical (unpaired) electrons. The van der Waals surface area contributed by atoms with Crippen molar-refractivity contribution in [3.05, 3.63) is 35.4 Å². The van der Waals surface area contributed by atoms with Gasteiger partial charge in [0.25, 0.3) is 0 Å². The summed E-state index contributed by atoms with van der Waals surface area (Å²) in [7, 11) is 0. The summed E-state index contributed by atoms with van der Waals surface area (Å²) in [6.07, 6.45) is 0.702. The molecule has 2 rings (SSSR count). The predicted octanol–water partition coefficient (Wildman–Crippen LogP) is 0.281. The number of carbonyl (C=O) groups excluding carboxylic acids is 1. The van der Waals surface area contributed by atoms with Gasteiger partial charge in [-0.1, -0.05) is 24.3 Å². The van der Waals surface area contributed by atoms with Crippen LogP contribution in [0.2, 0.25) is 0 Å². The minimum absolute atomic E-state index is 0.0717. The number of nitrogens with two attached hydrogens (primary N) is 1. The number of β-amino-alcohol motifs (C(OH)–C–C–N with tert-alkyl or cyclic N) is 1. The molecule has 17 heavy (non-hydrogen) atoms. The molecule has 1 aliphatic heterocycles. The lowest BCUT2D eigenvalue weighted by Gasteiger charge is -2.16. The molecule has 1 fully saturated rings. The van der Waals surface area contributed by atoms with Crippen molar-refractivity contribution in [2.75, 3.05) is 13.1 Å². The van der Waals surface area contributed by atoms with Crippen LogP contribution in [0.15, 0.2) is 24.3 Å². The molecule has 1 saturated heterocycles. The Labute approximate surface area is 101 Å². The molecule has 1 amide bonds. The van der Waals surface area contributed by atoms with E-state index in [1.54, 1.807) is 4.90 Å². The Hall–Kier alpha value is -1.39. The number of hydrogen-bond acceptors (Lipinski definition) is 3. The van der Waals surface area contributed by atoms with Gasteiger partial charge >= 0.3 is 0 Å². The Bertz CT molecular complexity index is 406. The molecule has 1 aromatic carbocycles.